The van der Waals surface area contributed by atoms with Gasteiger partial charge in [0.05, 0.1) is 11.7 Å². The van der Waals surface area contributed by atoms with Gasteiger partial charge in [0.2, 0.25) is 0 Å². The number of aromatic nitrogens is 1. The summed E-state index contributed by atoms with van der Waals surface area (Å²) in [6.45, 7) is 5.54. The topological polar surface area (TPSA) is 28.2 Å². The first-order chi connectivity index (χ1) is 11.7. The van der Waals surface area contributed by atoms with E-state index in [4.69, 9.17) is 0 Å². The van der Waals surface area contributed by atoms with E-state index in [1.165, 1.54) is 6.07 Å². The fourth-order valence-electron chi connectivity index (χ4n) is 3.20. The van der Waals surface area contributed by atoms with Gasteiger partial charge in [-0.1, -0.05) is 19.1 Å². The summed E-state index contributed by atoms with van der Waals surface area (Å²) in [5, 5.41) is 3.36. The second-order valence-corrected chi connectivity index (χ2v) is 6.15. The lowest BCUT2D eigenvalue weighted by Crippen LogP contribution is -2.34. The predicted molar refractivity (Wildman–Crippen MR) is 90.9 cm³/mol. The Morgan fingerprint density at radius 1 is 1.17 bits per heavy atom. The van der Waals surface area contributed by atoms with Gasteiger partial charge in [0.1, 0.15) is 11.6 Å². The average molecular weight is 331 g/mol. The Balaban J connectivity index is 2.01. The summed E-state index contributed by atoms with van der Waals surface area (Å²) in [5.74, 6) is -1.07. The van der Waals surface area contributed by atoms with Crippen LogP contribution in [0.15, 0.2) is 36.5 Å². The lowest BCUT2D eigenvalue weighted by Gasteiger charge is -2.30. The molecule has 5 heteroatoms. The van der Waals surface area contributed by atoms with Gasteiger partial charge in [0, 0.05) is 37.5 Å². The summed E-state index contributed by atoms with van der Waals surface area (Å²) in [6.07, 6.45) is 3.75. The van der Waals surface area contributed by atoms with Crippen molar-refractivity contribution < 1.29 is 8.78 Å². The number of halogens is 2. The number of pyridine rings is 1. The molecule has 2 aromatic rings. The van der Waals surface area contributed by atoms with Crippen LogP contribution in [-0.4, -0.2) is 36.1 Å². The molecule has 0 bridgehead atoms. The molecule has 1 aliphatic rings. The third kappa shape index (κ3) is 3.79. The fraction of sp³-hybridized carbons (Fsp3) is 0.421. The van der Waals surface area contributed by atoms with E-state index in [2.05, 4.69) is 22.1 Å². The van der Waals surface area contributed by atoms with Crippen LogP contribution in [0.3, 0.4) is 0 Å². The Hall–Kier alpha value is -1.85. The van der Waals surface area contributed by atoms with E-state index in [1.807, 2.05) is 18.3 Å². The first kappa shape index (κ1) is 17.0. The summed E-state index contributed by atoms with van der Waals surface area (Å²) < 4.78 is 27.8. The van der Waals surface area contributed by atoms with Crippen molar-refractivity contribution in [2.75, 3.05) is 26.2 Å². The van der Waals surface area contributed by atoms with E-state index in [-0.39, 0.29) is 6.04 Å². The summed E-state index contributed by atoms with van der Waals surface area (Å²) in [5.41, 5.74) is 2.43. The normalized spacial score (nSPS) is 17.5. The first-order valence-corrected chi connectivity index (χ1v) is 8.53. The number of hydrogen-bond acceptors (Lipinski definition) is 3. The maximum Gasteiger partial charge on any atom is 0.131 e. The smallest absolute Gasteiger partial charge is 0.131 e. The van der Waals surface area contributed by atoms with Crippen molar-refractivity contribution in [2.24, 2.45) is 0 Å². The molecule has 3 rings (SSSR count). The summed E-state index contributed by atoms with van der Waals surface area (Å²) in [6, 6.07) is 7.53. The highest BCUT2D eigenvalue weighted by Crippen LogP contribution is 2.30. The van der Waals surface area contributed by atoms with Crippen molar-refractivity contribution >= 4 is 0 Å². The van der Waals surface area contributed by atoms with Gasteiger partial charge >= 0.3 is 0 Å². The maximum atomic E-state index is 14.5. The Morgan fingerprint density at radius 2 is 2.04 bits per heavy atom. The first-order valence-electron chi connectivity index (χ1n) is 8.53. The largest absolute Gasteiger partial charge is 0.315 e. The van der Waals surface area contributed by atoms with Crippen molar-refractivity contribution in [2.45, 2.75) is 25.8 Å². The van der Waals surface area contributed by atoms with Crippen LogP contribution >= 0.6 is 0 Å². The molecule has 24 heavy (non-hydrogen) atoms. The number of aryl methyl sites for hydroxylation is 1. The monoisotopic (exact) mass is 331 g/mol. The van der Waals surface area contributed by atoms with Crippen LogP contribution in [0.5, 0.6) is 0 Å². The molecule has 2 heterocycles. The van der Waals surface area contributed by atoms with Gasteiger partial charge in [0.25, 0.3) is 0 Å². The summed E-state index contributed by atoms with van der Waals surface area (Å²) in [4.78, 5) is 6.80. The quantitative estimate of drug-likeness (QED) is 0.932. The molecule has 3 nitrogen and oxygen atoms in total. The average Bonchev–Trinajstić information content (AvgIpc) is 2.87. The molecule has 1 saturated heterocycles. The van der Waals surface area contributed by atoms with Gasteiger partial charge in [-0.3, -0.25) is 9.88 Å². The molecule has 0 radical (unpaired) electrons. The van der Waals surface area contributed by atoms with Gasteiger partial charge in [-0.15, -0.1) is 0 Å². The lowest BCUT2D eigenvalue weighted by molar-refractivity contribution is 0.233. The van der Waals surface area contributed by atoms with Crippen molar-refractivity contribution in [3.05, 3.63) is 65.0 Å². The highest BCUT2D eigenvalue weighted by molar-refractivity contribution is 5.31. The summed E-state index contributed by atoms with van der Waals surface area (Å²) >= 11 is 0. The zero-order chi connectivity index (χ0) is 16.9. The molecule has 0 saturated carbocycles. The second-order valence-electron chi connectivity index (χ2n) is 6.15. The molecule has 0 amide bonds. The molecule has 1 aromatic heterocycles. The fourth-order valence-corrected chi connectivity index (χ4v) is 3.20. The molecule has 1 aliphatic heterocycles. The van der Waals surface area contributed by atoms with Crippen LogP contribution in [0.4, 0.5) is 8.78 Å². The number of hydrogen-bond donors (Lipinski definition) is 1. The van der Waals surface area contributed by atoms with E-state index in [9.17, 15) is 8.78 Å². The molecule has 0 aliphatic carbocycles. The minimum atomic E-state index is -0.554. The van der Waals surface area contributed by atoms with Gasteiger partial charge in [-0.2, -0.15) is 0 Å². The van der Waals surface area contributed by atoms with Gasteiger partial charge in [-0.25, -0.2) is 8.78 Å². The standard InChI is InChI=1S/C19H23F2N3/c1-2-14-4-7-18(23-13-14)19(24-10-3-8-22-9-11-24)16-6-5-15(20)12-17(16)21/h4-7,12-13,19,22H,2-3,8-11H2,1H3. The lowest BCUT2D eigenvalue weighted by atomic mass is 9.99. The van der Waals surface area contributed by atoms with Crippen LogP contribution < -0.4 is 5.32 Å². The molecule has 1 fully saturated rings. The SMILES string of the molecule is CCc1ccc(C(c2ccc(F)cc2F)N2CCCNCC2)nc1. The Labute approximate surface area is 141 Å². The zero-order valence-electron chi connectivity index (χ0n) is 13.9. The third-order valence-electron chi connectivity index (χ3n) is 4.53. The van der Waals surface area contributed by atoms with E-state index in [1.54, 1.807) is 6.07 Å². The van der Waals surface area contributed by atoms with Crippen LogP contribution in [0.25, 0.3) is 0 Å². The zero-order valence-corrected chi connectivity index (χ0v) is 13.9. The third-order valence-corrected chi connectivity index (χ3v) is 4.53. The summed E-state index contributed by atoms with van der Waals surface area (Å²) in [7, 11) is 0. The Bertz CT molecular complexity index is 665. The van der Waals surface area contributed by atoms with Crippen molar-refractivity contribution in [1.29, 1.82) is 0 Å². The highest BCUT2D eigenvalue weighted by atomic mass is 19.1. The molecule has 1 atom stereocenters. The van der Waals surface area contributed by atoms with Gasteiger partial charge in [-0.05, 0) is 37.1 Å². The maximum absolute atomic E-state index is 14.5. The van der Waals surface area contributed by atoms with Crippen molar-refractivity contribution in [1.82, 2.24) is 15.2 Å². The van der Waals surface area contributed by atoms with Crippen LogP contribution in [0, 0.1) is 11.6 Å². The molecule has 1 unspecified atom stereocenters. The van der Waals surface area contributed by atoms with Crippen molar-refractivity contribution in [3.8, 4) is 0 Å². The van der Waals surface area contributed by atoms with Crippen LogP contribution in [0.2, 0.25) is 0 Å². The van der Waals surface area contributed by atoms with E-state index in [0.29, 0.717) is 5.56 Å². The minimum Gasteiger partial charge on any atom is -0.315 e. The second kappa shape index (κ2) is 7.81. The number of nitrogens with one attached hydrogen (secondary N) is 1. The number of nitrogens with zero attached hydrogens (tertiary/aromatic N) is 2. The molecule has 0 spiro atoms. The molecular weight excluding hydrogens is 308 g/mol. The van der Waals surface area contributed by atoms with Crippen molar-refractivity contribution in [3.63, 3.8) is 0 Å². The number of benzene rings is 1. The van der Waals surface area contributed by atoms with E-state index in [0.717, 1.165) is 56.3 Å². The Morgan fingerprint density at radius 3 is 2.75 bits per heavy atom. The van der Waals surface area contributed by atoms with Gasteiger partial charge < -0.3 is 5.32 Å². The van der Waals surface area contributed by atoms with Crippen LogP contribution in [0.1, 0.15) is 36.2 Å². The molecular formula is C19H23F2N3. The molecule has 1 aromatic carbocycles. The minimum absolute atomic E-state index is 0.295. The van der Waals surface area contributed by atoms with Gasteiger partial charge in [0.15, 0.2) is 0 Å². The van der Waals surface area contributed by atoms with Crippen LogP contribution in [-0.2, 0) is 6.42 Å². The number of rotatable bonds is 4. The van der Waals surface area contributed by atoms with E-state index >= 15 is 0 Å². The molecule has 128 valence electrons. The Kier molecular flexibility index (Phi) is 5.53. The predicted octanol–water partition coefficient (Wildman–Crippen LogP) is 3.31. The van der Waals surface area contributed by atoms with E-state index < -0.39 is 11.6 Å². The molecule has 1 N–H and O–H groups in total. The highest BCUT2D eigenvalue weighted by Gasteiger charge is 2.27.